The molecule has 32 heavy (non-hydrogen) atoms. The summed E-state index contributed by atoms with van der Waals surface area (Å²) in [5.74, 6) is 1.66. The van der Waals surface area contributed by atoms with Gasteiger partial charge in [0, 0.05) is 6.42 Å². The van der Waals surface area contributed by atoms with Crippen molar-refractivity contribution < 1.29 is 24.9 Å². The lowest BCUT2D eigenvalue weighted by atomic mass is 9.43. The normalized spacial score (nSPS) is 46.5. The van der Waals surface area contributed by atoms with Crippen LogP contribution in [0, 0.1) is 46.3 Å². The van der Waals surface area contributed by atoms with Gasteiger partial charge < -0.3 is 20.6 Å². The van der Waals surface area contributed by atoms with Gasteiger partial charge in [-0.15, -0.1) is 0 Å². The summed E-state index contributed by atoms with van der Waals surface area (Å²) in [6, 6.07) is 0. The van der Waals surface area contributed by atoms with Gasteiger partial charge in [0.1, 0.15) is 6.54 Å². The van der Waals surface area contributed by atoms with E-state index in [1.807, 2.05) is 0 Å². The second kappa shape index (κ2) is 8.90. The zero-order valence-electron chi connectivity index (χ0n) is 20.1. The van der Waals surface area contributed by atoms with Crippen molar-refractivity contribution in [2.45, 2.75) is 97.2 Å². The van der Waals surface area contributed by atoms with Gasteiger partial charge in [0.15, 0.2) is 0 Å². The van der Waals surface area contributed by atoms with Crippen molar-refractivity contribution in [2.75, 3.05) is 6.54 Å². The maximum absolute atomic E-state index is 12.0. The molecule has 4 rings (SSSR count). The number of nitrogens with one attached hydrogen (secondary N) is 1. The average molecular weight is 450 g/mol. The molecule has 4 saturated carbocycles. The molecule has 0 aromatic heterocycles. The Hall–Kier alpha value is -1.14. The second-order valence-corrected chi connectivity index (χ2v) is 12.1. The van der Waals surface area contributed by atoms with Crippen molar-refractivity contribution in [2.24, 2.45) is 46.3 Å². The van der Waals surface area contributed by atoms with Gasteiger partial charge in [-0.05, 0) is 104 Å². The van der Waals surface area contributed by atoms with Crippen molar-refractivity contribution in [3.63, 3.8) is 0 Å². The highest BCUT2D eigenvalue weighted by Gasteiger charge is 2.62. The van der Waals surface area contributed by atoms with E-state index in [0.29, 0.717) is 41.9 Å². The van der Waals surface area contributed by atoms with E-state index in [0.717, 1.165) is 44.9 Å². The Morgan fingerprint density at radius 1 is 1.00 bits per heavy atom. The number of hydrogen-bond donors (Lipinski definition) is 4. The monoisotopic (exact) mass is 449 g/mol. The van der Waals surface area contributed by atoms with E-state index in [2.05, 4.69) is 26.1 Å². The number of carboxylic acid groups (broad SMARTS) is 1. The fraction of sp³-hybridized carbons (Fsp3) is 0.923. The van der Waals surface area contributed by atoms with Crippen LogP contribution in [0.15, 0.2) is 0 Å². The Balaban J connectivity index is 1.44. The minimum atomic E-state index is -1.01. The molecule has 182 valence electrons. The topological polar surface area (TPSA) is 107 Å². The third-order valence-corrected chi connectivity index (χ3v) is 10.7. The van der Waals surface area contributed by atoms with E-state index in [1.54, 1.807) is 0 Å². The minimum Gasteiger partial charge on any atom is -0.480 e. The number of hydrogen-bond acceptors (Lipinski definition) is 4. The number of carboxylic acids is 1. The maximum atomic E-state index is 12.0. The molecule has 0 bridgehead atoms. The third-order valence-electron chi connectivity index (χ3n) is 10.7. The van der Waals surface area contributed by atoms with E-state index < -0.39 is 5.97 Å². The first-order valence-electron chi connectivity index (χ1n) is 12.9. The fourth-order valence-electron chi connectivity index (χ4n) is 9.00. The first kappa shape index (κ1) is 24.0. The summed E-state index contributed by atoms with van der Waals surface area (Å²) >= 11 is 0. The van der Waals surface area contributed by atoms with Crippen LogP contribution in [0.25, 0.3) is 0 Å². The van der Waals surface area contributed by atoms with Crippen LogP contribution in [0.2, 0.25) is 0 Å². The molecule has 10 atom stereocenters. The number of rotatable bonds is 6. The van der Waals surface area contributed by atoms with E-state index in [4.69, 9.17) is 5.11 Å². The molecular weight excluding hydrogens is 406 g/mol. The molecule has 0 aromatic carbocycles. The van der Waals surface area contributed by atoms with Gasteiger partial charge in [-0.3, -0.25) is 9.59 Å². The molecule has 4 N–H and O–H groups in total. The molecule has 1 amide bonds. The van der Waals surface area contributed by atoms with Crippen LogP contribution in [0.3, 0.4) is 0 Å². The number of aliphatic hydroxyl groups is 2. The summed E-state index contributed by atoms with van der Waals surface area (Å²) in [5, 5.41) is 32.8. The third kappa shape index (κ3) is 4.11. The Morgan fingerprint density at radius 3 is 2.41 bits per heavy atom. The molecule has 4 aliphatic rings. The van der Waals surface area contributed by atoms with Crippen molar-refractivity contribution >= 4 is 11.9 Å². The van der Waals surface area contributed by atoms with Crippen molar-refractivity contribution in [1.29, 1.82) is 0 Å². The number of aliphatic carboxylic acids is 1. The SMILES string of the molecule is C[C@H](CCC(=O)NCC(=O)O)[C@H]1CC[C@H]2C3C(O)C[C@@H]4C[C@H](O)CC[C@]4(C)[C@H]3CC[C@]12C. The number of fused-ring (bicyclic) bond motifs is 5. The fourth-order valence-corrected chi connectivity index (χ4v) is 9.00. The van der Waals surface area contributed by atoms with E-state index in [-0.39, 0.29) is 35.5 Å². The predicted molar refractivity (Wildman–Crippen MR) is 122 cm³/mol. The molecule has 6 nitrogen and oxygen atoms in total. The van der Waals surface area contributed by atoms with Crippen molar-refractivity contribution in [3.05, 3.63) is 0 Å². The second-order valence-electron chi connectivity index (χ2n) is 12.1. The molecule has 0 radical (unpaired) electrons. The van der Waals surface area contributed by atoms with Gasteiger partial charge in [0.05, 0.1) is 12.2 Å². The summed E-state index contributed by atoms with van der Waals surface area (Å²) in [4.78, 5) is 22.7. The van der Waals surface area contributed by atoms with Gasteiger partial charge in [0.25, 0.3) is 0 Å². The average Bonchev–Trinajstić information content (AvgIpc) is 3.09. The molecule has 0 saturated heterocycles. The summed E-state index contributed by atoms with van der Waals surface area (Å²) in [6.07, 6.45) is 9.06. The molecule has 0 spiro atoms. The standard InChI is InChI=1S/C26H43NO5/c1-15(4-7-22(30)27-14-23(31)32)18-5-6-19-24-20(9-11-26(18,19)3)25(2)10-8-17(28)12-16(25)13-21(24)29/h15-21,24,28-29H,4-14H2,1-3H3,(H,27,30)(H,31,32)/t15-,16+,17-,18-,19+,20+,21?,24?,25+,26-/m1/s1. The lowest BCUT2D eigenvalue weighted by molar-refractivity contribution is -0.174. The van der Waals surface area contributed by atoms with Crippen LogP contribution >= 0.6 is 0 Å². The van der Waals surface area contributed by atoms with Gasteiger partial charge in [0.2, 0.25) is 5.91 Å². The Bertz CT molecular complexity index is 727. The number of aliphatic hydroxyl groups excluding tert-OH is 2. The first-order chi connectivity index (χ1) is 15.1. The van der Waals surface area contributed by atoms with Crippen LogP contribution in [0.1, 0.15) is 85.0 Å². The highest BCUT2D eigenvalue weighted by molar-refractivity contribution is 5.81. The molecule has 0 aliphatic heterocycles. The lowest BCUT2D eigenvalue weighted by Gasteiger charge is -2.62. The predicted octanol–water partition coefficient (Wildman–Crippen LogP) is 3.59. The van der Waals surface area contributed by atoms with Crippen LogP contribution < -0.4 is 5.32 Å². The molecular formula is C26H43NO5. The lowest BCUT2D eigenvalue weighted by Crippen LogP contribution is -2.58. The first-order valence-corrected chi connectivity index (χ1v) is 12.9. The van der Waals surface area contributed by atoms with Crippen molar-refractivity contribution in [1.82, 2.24) is 5.32 Å². The number of carbonyl (C=O) groups excluding carboxylic acids is 1. The molecule has 0 heterocycles. The molecule has 4 fully saturated rings. The molecule has 2 unspecified atom stereocenters. The Kier molecular flexibility index (Phi) is 6.68. The number of carbonyl (C=O) groups is 2. The summed E-state index contributed by atoms with van der Waals surface area (Å²) in [5.41, 5.74) is 0.451. The van der Waals surface area contributed by atoms with Crippen LogP contribution in [0.5, 0.6) is 0 Å². The molecule has 0 aromatic rings. The minimum absolute atomic E-state index is 0.177. The zero-order valence-corrected chi connectivity index (χ0v) is 20.1. The molecule has 6 heteroatoms. The Labute approximate surface area is 192 Å². The van der Waals surface area contributed by atoms with Gasteiger partial charge in [-0.2, -0.15) is 0 Å². The number of amides is 1. The van der Waals surface area contributed by atoms with Gasteiger partial charge in [-0.1, -0.05) is 20.8 Å². The smallest absolute Gasteiger partial charge is 0.322 e. The van der Waals surface area contributed by atoms with E-state index in [9.17, 15) is 19.8 Å². The summed E-state index contributed by atoms with van der Waals surface area (Å²) < 4.78 is 0. The van der Waals surface area contributed by atoms with Crippen LogP contribution in [-0.4, -0.2) is 45.9 Å². The molecule has 4 aliphatic carbocycles. The highest BCUT2D eigenvalue weighted by Crippen LogP contribution is 2.68. The summed E-state index contributed by atoms with van der Waals surface area (Å²) in [6.45, 7) is 6.83. The largest absolute Gasteiger partial charge is 0.480 e. The quantitative estimate of drug-likeness (QED) is 0.496. The van der Waals surface area contributed by atoms with Crippen LogP contribution in [0.4, 0.5) is 0 Å². The van der Waals surface area contributed by atoms with Crippen molar-refractivity contribution in [3.8, 4) is 0 Å². The van der Waals surface area contributed by atoms with E-state index >= 15 is 0 Å². The highest BCUT2D eigenvalue weighted by atomic mass is 16.4. The van der Waals surface area contributed by atoms with Crippen LogP contribution in [-0.2, 0) is 9.59 Å². The van der Waals surface area contributed by atoms with E-state index in [1.165, 1.54) is 12.8 Å². The van der Waals surface area contributed by atoms with Gasteiger partial charge >= 0.3 is 5.97 Å². The summed E-state index contributed by atoms with van der Waals surface area (Å²) in [7, 11) is 0. The van der Waals surface area contributed by atoms with Gasteiger partial charge in [-0.25, -0.2) is 0 Å². The Morgan fingerprint density at radius 2 is 1.69 bits per heavy atom. The zero-order chi connectivity index (χ0) is 23.3. The maximum Gasteiger partial charge on any atom is 0.322 e.